The Morgan fingerprint density at radius 1 is 1.50 bits per heavy atom. The molecule has 1 saturated heterocycles. The van der Waals surface area contributed by atoms with Crippen LogP contribution >= 0.6 is 0 Å². The van der Waals surface area contributed by atoms with Gasteiger partial charge in [0.05, 0.1) is 0 Å². The lowest BCUT2D eigenvalue weighted by molar-refractivity contribution is -0.127. The first kappa shape index (κ1) is 9.19. The Balaban J connectivity index is 2.51. The fourth-order valence-corrected chi connectivity index (χ4v) is 1.46. The van der Waals surface area contributed by atoms with E-state index >= 15 is 0 Å². The van der Waals surface area contributed by atoms with E-state index in [4.69, 9.17) is 0 Å². The van der Waals surface area contributed by atoms with Crippen LogP contribution in [0.1, 0.15) is 19.8 Å². The minimum absolute atomic E-state index is 0.0567. The van der Waals surface area contributed by atoms with E-state index in [-0.39, 0.29) is 11.9 Å². The zero-order valence-corrected chi connectivity index (χ0v) is 7.17. The predicted octanol–water partition coefficient (Wildman–Crippen LogP) is -0.346. The highest BCUT2D eigenvalue weighted by Crippen LogP contribution is 2.09. The second-order valence-electron chi connectivity index (χ2n) is 2.96. The number of hydrogen-bond donors (Lipinski definition) is 1. The van der Waals surface area contributed by atoms with E-state index in [9.17, 15) is 9.59 Å². The van der Waals surface area contributed by atoms with Gasteiger partial charge in [-0.1, -0.05) is 0 Å². The second kappa shape index (κ2) is 4.21. The summed E-state index contributed by atoms with van der Waals surface area (Å²) in [6, 6.07) is 0.0567. The van der Waals surface area contributed by atoms with Crippen LogP contribution in [0.25, 0.3) is 0 Å². The maximum atomic E-state index is 10.9. The molecule has 4 heteroatoms. The lowest BCUT2D eigenvalue weighted by Gasteiger charge is -2.28. The van der Waals surface area contributed by atoms with E-state index < -0.39 is 0 Å². The number of imide groups is 1. The molecule has 0 saturated carbocycles. The van der Waals surface area contributed by atoms with Crippen molar-refractivity contribution < 1.29 is 9.59 Å². The molecule has 2 amide bonds. The first-order valence-electron chi connectivity index (χ1n) is 4.14. The van der Waals surface area contributed by atoms with E-state index in [1.54, 1.807) is 6.41 Å². The molecule has 1 rings (SSSR count). The normalized spacial score (nSPS) is 18.8. The summed E-state index contributed by atoms with van der Waals surface area (Å²) in [4.78, 5) is 22.5. The molecule has 0 atom stereocenters. The summed E-state index contributed by atoms with van der Waals surface area (Å²) in [5.41, 5.74) is 0. The zero-order chi connectivity index (χ0) is 8.97. The van der Waals surface area contributed by atoms with Crippen molar-refractivity contribution in [2.45, 2.75) is 25.8 Å². The smallest absolute Gasteiger partial charge is 0.317 e. The minimum Gasteiger partial charge on any atom is -0.317 e. The number of piperidine rings is 1. The molecule has 1 N–H and O–H groups in total. The van der Waals surface area contributed by atoms with Crippen molar-refractivity contribution in [1.82, 2.24) is 10.2 Å². The molecule has 1 aliphatic heterocycles. The van der Waals surface area contributed by atoms with Crippen molar-refractivity contribution in [2.75, 3.05) is 13.1 Å². The number of carbonyl (C=O) groups excluding carboxylic acids is 2. The van der Waals surface area contributed by atoms with Gasteiger partial charge in [0, 0.05) is 13.0 Å². The Hall–Kier alpha value is -0.900. The summed E-state index contributed by atoms with van der Waals surface area (Å²) in [6.07, 6.45) is 3.36. The minimum atomic E-state index is -0.211. The van der Waals surface area contributed by atoms with Gasteiger partial charge in [-0.15, -0.1) is 0 Å². The standard InChI is InChI=1S/C8H13N2O2/c1-7(12)10(6-11)8-2-4-9-5-3-8/h8-9H,2-5H2,1H3. The highest BCUT2D eigenvalue weighted by molar-refractivity contribution is 5.84. The highest BCUT2D eigenvalue weighted by Gasteiger charge is 2.22. The molecule has 0 aromatic carbocycles. The Labute approximate surface area is 71.9 Å². The number of rotatable bonds is 2. The highest BCUT2D eigenvalue weighted by atomic mass is 16.2. The molecule has 0 aromatic rings. The van der Waals surface area contributed by atoms with Gasteiger partial charge in [-0.2, -0.15) is 0 Å². The topological polar surface area (TPSA) is 49.4 Å². The van der Waals surface area contributed by atoms with Gasteiger partial charge < -0.3 is 5.32 Å². The molecule has 0 bridgehead atoms. The Morgan fingerprint density at radius 3 is 2.50 bits per heavy atom. The predicted molar refractivity (Wildman–Crippen MR) is 44.1 cm³/mol. The van der Waals surface area contributed by atoms with Crippen LogP contribution in [-0.2, 0) is 9.59 Å². The average molecular weight is 169 g/mol. The molecule has 1 aliphatic rings. The Kier molecular flexibility index (Phi) is 3.22. The first-order chi connectivity index (χ1) is 5.75. The van der Waals surface area contributed by atoms with Gasteiger partial charge in [-0.3, -0.25) is 14.5 Å². The molecule has 0 aliphatic carbocycles. The molecular weight excluding hydrogens is 156 g/mol. The number of nitrogens with zero attached hydrogens (tertiary/aromatic N) is 1. The molecule has 1 heterocycles. The third kappa shape index (κ3) is 2.04. The van der Waals surface area contributed by atoms with Crippen LogP contribution in [0, 0.1) is 0 Å². The SMILES string of the molecule is CC(=O)N([C]=O)C1CCNCC1. The van der Waals surface area contributed by atoms with Gasteiger partial charge in [-0.25, -0.2) is 0 Å². The molecule has 0 unspecified atom stereocenters. The van der Waals surface area contributed by atoms with Gasteiger partial charge in [0.2, 0.25) is 5.91 Å². The maximum Gasteiger partial charge on any atom is 0.319 e. The van der Waals surface area contributed by atoms with Crippen molar-refractivity contribution in [3.8, 4) is 0 Å². The van der Waals surface area contributed by atoms with Gasteiger partial charge >= 0.3 is 6.41 Å². The third-order valence-corrected chi connectivity index (χ3v) is 2.11. The molecular formula is C8H13N2O2. The van der Waals surface area contributed by atoms with Gasteiger partial charge in [0.15, 0.2) is 0 Å². The number of hydrogen-bond acceptors (Lipinski definition) is 3. The number of nitrogens with one attached hydrogen (secondary N) is 1. The van der Waals surface area contributed by atoms with Crippen molar-refractivity contribution in [1.29, 1.82) is 0 Å². The van der Waals surface area contributed by atoms with Gasteiger partial charge in [0.25, 0.3) is 0 Å². The lowest BCUT2D eigenvalue weighted by atomic mass is 10.1. The van der Waals surface area contributed by atoms with Crippen LogP contribution in [0.15, 0.2) is 0 Å². The maximum absolute atomic E-state index is 10.9. The van der Waals surface area contributed by atoms with Crippen LogP contribution in [0.3, 0.4) is 0 Å². The van der Waals surface area contributed by atoms with Crippen LogP contribution < -0.4 is 5.32 Å². The van der Waals surface area contributed by atoms with Crippen LogP contribution in [0.4, 0.5) is 0 Å². The summed E-state index contributed by atoms with van der Waals surface area (Å²) in [5.74, 6) is -0.211. The molecule has 1 radical (unpaired) electrons. The summed E-state index contributed by atoms with van der Waals surface area (Å²) in [6.45, 7) is 3.14. The van der Waals surface area contributed by atoms with E-state index in [0.717, 1.165) is 25.9 Å². The van der Waals surface area contributed by atoms with E-state index in [1.165, 1.54) is 11.8 Å². The largest absolute Gasteiger partial charge is 0.319 e. The van der Waals surface area contributed by atoms with Crippen LogP contribution in [0.2, 0.25) is 0 Å². The van der Waals surface area contributed by atoms with Gasteiger partial charge in [-0.05, 0) is 25.9 Å². The zero-order valence-electron chi connectivity index (χ0n) is 7.17. The van der Waals surface area contributed by atoms with Crippen molar-refractivity contribution in [2.24, 2.45) is 0 Å². The lowest BCUT2D eigenvalue weighted by Crippen LogP contribution is -2.44. The fourth-order valence-electron chi connectivity index (χ4n) is 1.46. The van der Waals surface area contributed by atoms with E-state index in [0.29, 0.717) is 0 Å². The summed E-state index contributed by atoms with van der Waals surface area (Å²) < 4.78 is 0. The quantitative estimate of drug-likeness (QED) is 0.575. The van der Waals surface area contributed by atoms with Crippen LogP contribution in [0.5, 0.6) is 0 Å². The second-order valence-corrected chi connectivity index (χ2v) is 2.96. The number of carbonyl (C=O) groups is 1. The van der Waals surface area contributed by atoms with Crippen molar-refractivity contribution in [3.63, 3.8) is 0 Å². The fraction of sp³-hybridized carbons (Fsp3) is 0.750. The van der Waals surface area contributed by atoms with E-state index in [1.807, 2.05) is 0 Å². The Bertz CT molecular complexity index is 176. The average Bonchev–Trinajstić information content (AvgIpc) is 2.07. The molecule has 0 aromatic heterocycles. The number of amides is 2. The Morgan fingerprint density at radius 2 is 2.08 bits per heavy atom. The van der Waals surface area contributed by atoms with Crippen molar-refractivity contribution in [3.05, 3.63) is 0 Å². The molecule has 12 heavy (non-hydrogen) atoms. The molecule has 67 valence electrons. The monoisotopic (exact) mass is 169 g/mol. The molecule has 4 nitrogen and oxygen atoms in total. The summed E-state index contributed by atoms with van der Waals surface area (Å²) >= 11 is 0. The van der Waals surface area contributed by atoms with E-state index in [2.05, 4.69) is 5.32 Å². The van der Waals surface area contributed by atoms with Gasteiger partial charge in [0.1, 0.15) is 0 Å². The molecule has 0 spiro atoms. The molecule has 1 fully saturated rings. The van der Waals surface area contributed by atoms with Crippen molar-refractivity contribution >= 4 is 12.3 Å². The summed E-state index contributed by atoms with van der Waals surface area (Å²) in [5, 5.41) is 3.16. The third-order valence-electron chi connectivity index (χ3n) is 2.11. The first-order valence-corrected chi connectivity index (χ1v) is 4.14. The summed E-state index contributed by atoms with van der Waals surface area (Å²) in [7, 11) is 0. The van der Waals surface area contributed by atoms with Crippen LogP contribution in [-0.4, -0.2) is 36.3 Å².